The summed E-state index contributed by atoms with van der Waals surface area (Å²) in [6.07, 6.45) is 8.31. The van der Waals surface area contributed by atoms with E-state index in [0.717, 1.165) is 76.0 Å². The zero-order valence-corrected chi connectivity index (χ0v) is 20.0. The lowest BCUT2D eigenvalue weighted by Gasteiger charge is -2.22. The van der Waals surface area contributed by atoms with Gasteiger partial charge in [0.05, 0.1) is 11.8 Å². The molecule has 0 N–H and O–H groups in total. The smallest absolute Gasteiger partial charge is 0.370 e. The Hall–Kier alpha value is -1.77. The molecular weight excluding hydrogens is 436 g/mol. The maximum Gasteiger partial charge on any atom is 0.370 e. The van der Waals surface area contributed by atoms with Crippen molar-refractivity contribution in [2.45, 2.75) is 103 Å². The SMILES string of the molecule is C[C@H](OC(=O)CCCSC(=O)O[C@@H](C)OC(=O)C1CCCCC1)OC(=O)C1CCCCC1. The van der Waals surface area contributed by atoms with Crippen LogP contribution >= 0.6 is 11.8 Å². The van der Waals surface area contributed by atoms with Crippen molar-refractivity contribution >= 4 is 35.0 Å². The quantitative estimate of drug-likeness (QED) is 0.243. The molecule has 2 rings (SSSR count). The number of ether oxygens (including phenoxy) is 4. The summed E-state index contributed by atoms with van der Waals surface area (Å²) in [5.74, 6) is -0.951. The van der Waals surface area contributed by atoms with Crippen LogP contribution in [0.1, 0.15) is 90.9 Å². The fraction of sp³-hybridized carbons (Fsp3) is 0.826. The van der Waals surface area contributed by atoms with E-state index < -0.39 is 23.9 Å². The lowest BCUT2D eigenvalue weighted by Crippen LogP contribution is -2.27. The van der Waals surface area contributed by atoms with Crippen molar-refractivity contribution in [2.24, 2.45) is 11.8 Å². The minimum Gasteiger partial charge on any atom is -0.425 e. The lowest BCUT2D eigenvalue weighted by molar-refractivity contribution is -0.188. The van der Waals surface area contributed by atoms with E-state index in [1.807, 2.05) is 0 Å². The van der Waals surface area contributed by atoms with Gasteiger partial charge in [-0.3, -0.25) is 14.4 Å². The Balaban J connectivity index is 1.52. The molecule has 0 aromatic carbocycles. The van der Waals surface area contributed by atoms with E-state index >= 15 is 0 Å². The Bertz CT molecular complexity index is 571. The minimum absolute atomic E-state index is 0.0951. The highest BCUT2D eigenvalue weighted by Crippen LogP contribution is 2.26. The van der Waals surface area contributed by atoms with Crippen molar-refractivity contribution in [3.63, 3.8) is 0 Å². The molecule has 0 aromatic heterocycles. The van der Waals surface area contributed by atoms with E-state index in [0.29, 0.717) is 12.2 Å². The topological polar surface area (TPSA) is 105 Å². The van der Waals surface area contributed by atoms with Gasteiger partial charge in [0.15, 0.2) is 0 Å². The molecule has 0 unspecified atom stereocenters. The molecule has 9 heteroatoms. The predicted molar refractivity (Wildman–Crippen MR) is 119 cm³/mol. The van der Waals surface area contributed by atoms with Gasteiger partial charge in [-0.1, -0.05) is 38.5 Å². The van der Waals surface area contributed by atoms with E-state index in [1.165, 1.54) is 13.8 Å². The molecule has 182 valence electrons. The molecule has 0 radical (unpaired) electrons. The first-order valence-electron chi connectivity index (χ1n) is 11.8. The first-order chi connectivity index (χ1) is 15.3. The summed E-state index contributed by atoms with van der Waals surface area (Å²) in [4.78, 5) is 47.9. The van der Waals surface area contributed by atoms with E-state index in [9.17, 15) is 19.2 Å². The molecule has 0 spiro atoms. The zero-order valence-electron chi connectivity index (χ0n) is 19.2. The number of hydrogen-bond acceptors (Lipinski definition) is 9. The third kappa shape index (κ3) is 10.2. The van der Waals surface area contributed by atoms with Crippen molar-refractivity contribution in [3.05, 3.63) is 0 Å². The number of hydrogen-bond donors (Lipinski definition) is 0. The van der Waals surface area contributed by atoms with Crippen LogP contribution in [0.25, 0.3) is 0 Å². The molecule has 2 atom stereocenters. The van der Waals surface area contributed by atoms with Gasteiger partial charge in [0, 0.05) is 26.0 Å². The van der Waals surface area contributed by atoms with Crippen LogP contribution in [-0.2, 0) is 33.3 Å². The summed E-state index contributed by atoms with van der Waals surface area (Å²) in [7, 11) is 0. The maximum absolute atomic E-state index is 12.1. The third-order valence-corrected chi connectivity index (χ3v) is 6.57. The van der Waals surface area contributed by atoms with Crippen LogP contribution in [-0.4, -0.2) is 41.5 Å². The normalized spacial score (nSPS) is 19.4. The third-order valence-electron chi connectivity index (χ3n) is 5.75. The van der Waals surface area contributed by atoms with E-state index in [-0.39, 0.29) is 30.2 Å². The first kappa shape index (κ1) is 26.5. The first-order valence-corrected chi connectivity index (χ1v) is 12.8. The molecule has 2 saturated carbocycles. The number of carbonyl (C=O) groups excluding carboxylic acids is 4. The fourth-order valence-electron chi connectivity index (χ4n) is 4.03. The second-order valence-electron chi connectivity index (χ2n) is 8.49. The van der Waals surface area contributed by atoms with Crippen LogP contribution in [0.2, 0.25) is 0 Å². The predicted octanol–water partition coefficient (Wildman–Crippen LogP) is 5.12. The number of esters is 3. The van der Waals surface area contributed by atoms with Gasteiger partial charge in [0.25, 0.3) is 0 Å². The molecule has 0 saturated heterocycles. The highest BCUT2D eigenvalue weighted by Gasteiger charge is 2.26. The molecule has 2 fully saturated rings. The van der Waals surface area contributed by atoms with Gasteiger partial charge in [0.1, 0.15) is 0 Å². The fourth-order valence-corrected chi connectivity index (χ4v) is 4.69. The largest absolute Gasteiger partial charge is 0.425 e. The Labute approximate surface area is 194 Å². The summed E-state index contributed by atoms with van der Waals surface area (Å²) in [6.45, 7) is 3.05. The highest BCUT2D eigenvalue weighted by molar-refractivity contribution is 8.13. The van der Waals surface area contributed by atoms with Crippen LogP contribution in [0.3, 0.4) is 0 Å². The number of carbonyl (C=O) groups is 4. The average Bonchev–Trinajstić information content (AvgIpc) is 2.77. The standard InChI is InChI=1S/C23H36O8S/c1-16(29-21(25)18-10-5-3-6-11-18)28-20(24)14-9-15-32-23(27)31-17(2)30-22(26)19-12-7-4-8-13-19/h16-19H,3-15H2,1-2H3/t16-,17+/m1/s1. The second kappa shape index (κ2) is 14.4. The monoisotopic (exact) mass is 472 g/mol. The van der Waals surface area contributed by atoms with Gasteiger partial charge in [-0.05, 0) is 43.9 Å². The van der Waals surface area contributed by atoms with Crippen molar-refractivity contribution in [1.82, 2.24) is 0 Å². The van der Waals surface area contributed by atoms with Gasteiger partial charge >= 0.3 is 23.2 Å². The molecule has 0 aliphatic heterocycles. The molecule has 32 heavy (non-hydrogen) atoms. The summed E-state index contributed by atoms with van der Waals surface area (Å²) in [6, 6.07) is 0. The van der Waals surface area contributed by atoms with Gasteiger partial charge in [0.2, 0.25) is 12.6 Å². The van der Waals surface area contributed by atoms with E-state index in [2.05, 4.69) is 0 Å². The molecule has 2 aliphatic rings. The molecular formula is C23H36O8S. The van der Waals surface area contributed by atoms with Crippen LogP contribution in [0, 0.1) is 11.8 Å². The van der Waals surface area contributed by atoms with Crippen molar-refractivity contribution in [3.8, 4) is 0 Å². The van der Waals surface area contributed by atoms with Crippen LogP contribution < -0.4 is 0 Å². The van der Waals surface area contributed by atoms with Gasteiger partial charge in [-0.2, -0.15) is 0 Å². The Kier molecular flexibility index (Phi) is 11.9. The van der Waals surface area contributed by atoms with Gasteiger partial charge in [-0.15, -0.1) is 0 Å². The second-order valence-corrected chi connectivity index (χ2v) is 9.52. The van der Waals surface area contributed by atoms with Gasteiger partial charge < -0.3 is 18.9 Å². The molecule has 8 nitrogen and oxygen atoms in total. The summed E-state index contributed by atoms with van der Waals surface area (Å²) < 4.78 is 20.6. The summed E-state index contributed by atoms with van der Waals surface area (Å²) >= 11 is 0.912. The van der Waals surface area contributed by atoms with E-state index in [4.69, 9.17) is 18.9 Å². The summed E-state index contributed by atoms with van der Waals surface area (Å²) in [5, 5.41) is -0.558. The number of thioether (sulfide) groups is 1. The summed E-state index contributed by atoms with van der Waals surface area (Å²) in [5.41, 5.74) is 0. The Morgan fingerprint density at radius 3 is 1.69 bits per heavy atom. The Morgan fingerprint density at radius 1 is 0.719 bits per heavy atom. The average molecular weight is 473 g/mol. The highest BCUT2D eigenvalue weighted by atomic mass is 32.2. The molecule has 0 heterocycles. The van der Waals surface area contributed by atoms with Crippen LogP contribution in [0.4, 0.5) is 4.79 Å². The van der Waals surface area contributed by atoms with Crippen molar-refractivity contribution in [1.29, 1.82) is 0 Å². The van der Waals surface area contributed by atoms with Crippen LogP contribution in [0.15, 0.2) is 0 Å². The van der Waals surface area contributed by atoms with Crippen molar-refractivity contribution < 1.29 is 38.1 Å². The molecule has 0 aromatic rings. The van der Waals surface area contributed by atoms with Crippen LogP contribution in [0.5, 0.6) is 0 Å². The van der Waals surface area contributed by atoms with Gasteiger partial charge in [-0.25, -0.2) is 4.79 Å². The Morgan fingerprint density at radius 2 is 1.19 bits per heavy atom. The van der Waals surface area contributed by atoms with Crippen molar-refractivity contribution in [2.75, 3.05) is 5.75 Å². The molecule has 0 amide bonds. The molecule has 0 bridgehead atoms. The van der Waals surface area contributed by atoms with E-state index in [1.54, 1.807) is 0 Å². The zero-order chi connectivity index (χ0) is 23.3. The lowest BCUT2D eigenvalue weighted by atomic mass is 9.89. The maximum atomic E-state index is 12.1. The number of rotatable bonds is 10. The molecule has 2 aliphatic carbocycles. The minimum atomic E-state index is -0.936.